The van der Waals surface area contributed by atoms with E-state index in [0.29, 0.717) is 21.4 Å². The fourth-order valence-electron chi connectivity index (χ4n) is 1.16. The van der Waals surface area contributed by atoms with Crippen molar-refractivity contribution in [3.8, 4) is 0 Å². The molecule has 0 saturated carbocycles. The summed E-state index contributed by atoms with van der Waals surface area (Å²) >= 11 is 7.19. The van der Waals surface area contributed by atoms with Crippen molar-refractivity contribution in [2.24, 2.45) is 0 Å². The van der Waals surface area contributed by atoms with Crippen molar-refractivity contribution in [2.45, 2.75) is 0 Å². The first-order valence-corrected chi connectivity index (χ1v) is 4.80. The molecular formula is C9H4ClFOS. The highest BCUT2D eigenvalue weighted by Crippen LogP contribution is 2.32. The Kier molecular flexibility index (Phi) is 2.06. The molecule has 0 aliphatic carbocycles. The van der Waals surface area contributed by atoms with Gasteiger partial charge in [0.2, 0.25) is 0 Å². The third-order valence-electron chi connectivity index (χ3n) is 1.78. The highest BCUT2D eigenvalue weighted by atomic mass is 35.5. The highest BCUT2D eigenvalue weighted by Gasteiger charge is 2.10. The van der Waals surface area contributed by atoms with Crippen LogP contribution in [0.1, 0.15) is 10.4 Å². The summed E-state index contributed by atoms with van der Waals surface area (Å²) in [5.41, 5.74) is 0.203. The SMILES string of the molecule is O=Cc1cc(F)c2ccsc2c1Cl. The molecule has 0 unspecified atom stereocenters. The third kappa shape index (κ3) is 1.24. The van der Waals surface area contributed by atoms with Gasteiger partial charge in [0.15, 0.2) is 6.29 Å². The van der Waals surface area contributed by atoms with Gasteiger partial charge in [-0.3, -0.25) is 4.79 Å². The fraction of sp³-hybridized carbons (Fsp3) is 0. The second-order valence-electron chi connectivity index (χ2n) is 2.54. The first kappa shape index (κ1) is 8.66. The molecule has 0 atom stereocenters. The van der Waals surface area contributed by atoms with E-state index in [2.05, 4.69) is 0 Å². The lowest BCUT2D eigenvalue weighted by molar-refractivity contribution is 0.112. The molecule has 0 radical (unpaired) electrons. The number of hydrogen-bond donors (Lipinski definition) is 0. The van der Waals surface area contributed by atoms with E-state index >= 15 is 0 Å². The summed E-state index contributed by atoms with van der Waals surface area (Å²) in [6, 6.07) is 2.81. The van der Waals surface area contributed by atoms with Crippen molar-refractivity contribution in [3.05, 3.63) is 33.9 Å². The van der Waals surface area contributed by atoms with Gasteiger partial charge in [0.05, 0.1) is 9.72 Å². The normalized spacial score (nSPS) is 10.6. The quantitative estimate of drug-likeness (QED) is 0.664. The minimum atomic E-state index is -0.400. The summed E-state index contributed by atoms with van der Waals surface area (Å²) in [6.45, 7) is 0. The number of aldehydes is 1. The van der Waals surface area contributed by atoms with Gasteiger partial charge in [-0.05, 0) is 17.5 Å². The summed E-state index contributed by atoms with van der Waals surface area (Å²) < 4.78 is 13.9. The Morgan fingerprint density at radius 2 is 2.31 bits per heavy atom. The summed E-state index contributed by atoms with van der Waals surface area (Å²) in [4.78, 5) is 10.5. The van der Waals surface area contributed by atoms with E-state index in [1.807, 2.05) is 0 Å². The van der Waals surface area contributed by atoms with Crippen LogP contribution in [0.3, 0.4) is 0 Å². The van der Waals surface area contributed by atoms with E-state index in [0.717, 1.165) is 6.07 Å². The van der Waals surface area contributed by atoms with Crippen molar-refractivity contribution >= 4 is 39.3 Å². The average Bonchev–Trinajstić information content (AvgIpc) is 2.60. The van der Waals surface area contributed by atoms with E-state index in [1.54, 1.807) is 11.4 Å². The van der Waals surface area contributed by atoms with E-state index in [9.17, 15) is 9.18 Å². The maximum Gasteiger partial charge on any atom is 0.151 e. The van der Waals surface area contributed by atoms with Crippen molar-refractivity contribution in [3.63, 3.8) is 0 Å². The van der Waals surface area contributed by atoms with Crippen LogP contribution in [-0.2, 0) is 0 Å². The Morgan fingerprint density at radius 1 is 1.54 bits per heavy atom. The molecule has 0 bridgehead atoms. The van der Waals surface area contributed by atoms with Crippen molar-refractivity contribution in [1.82, 2.24) is 0 Å². The Bertz CT molecular complexity index is 478. The lowest BCUT2D eigenvalue weighted by Crippen LogP contribution is -1.85. The van der Waals surface area contributed by atoms with Gasteiger partial charge in [0.25, 0.3) is 0 Å². The number of carbonyl (C=O) groups is 1. The molecular weight excluding hydrogens is 211 g/mol. The second-order valence-corrected chi connectivity index (χ2v) is 3.84. The number of benzene rings is 1. The zero-order valence-electron chi connectivity index (χ0n) is 6.38. The largest absolute Gasteiger partial charge is 0.298 e. The Morgan fingerprint density at radius 3 is 3.00 bits per heavy atom. The topological polar surface area (TPSA) is 17.1 Å². The number of hydrogen-bond acceptors (Lipinski definition) is 2. The molecule has 1 aromatic carbocycles. The van der Waals surface area contributed by atoms with E-state index in [1.165, 1.54) is 11.3 Å². The zero-order valence-corrected chi connectivity index (χ0v) is 7.95. The molecule has 0 spiro atoms. The van der Waals surface area contributed by atoms with Crippen molar-refractivity contribution in [1.29, 1.82) is 0 Å². The van der Waals surface area contributed by atoms with Crippen LogP contribution in [0.2, 0.25) is 5.02 Å². The molecule has 2 aromatic rings. The molecule has 2 rings (SSSR count). The van der Waals surface area contributed by atoms with E-state index in [4.69, 9.17) is 11.6 Å². The second kappa shape index (κ2) is 3.09. The van der Waals surface area contributed by atoms with Crippen LogP contribution >= 0.6 is 22.9 Å². The smallest absolute Gasteiger partial charge is 0.151 e. The molecule has 0 saturated heterocycles. The average molecular weight is 215 g/mol. The van der Waals surface area contributed by atoms with E-state index in [-0.39, 0.29) is 5.56 Å². The van der Waals surface area contributed by atoms with Gasteiger partial charge >= 0.3 is 0 Å². The number of carbonyl (C=O) groups excluding carboxylic acids is 1. The van der Waals surface area contributed by atoms with Gasteiger partial charge in [-0.15, -0.1) is 11.3 Å². The van der Waals surface area contributed by atoms with Crippen LogP contribution in [0.25, 0.3) is 10.1 Å². The van der Waals surface area contributed by atoms with Gasteiger partial charge < -0.3 is 0 Å². The highest BCUT2D eigenvalue weighted by molar-refractivity contribution is 7.17. The predicted octanol–water partition coefficient (Wildman–Crippen LogP) is 3.51. The van der Waals surface area contributed by atoms with Crippen LogP contribution in [0.5, 0.6) is 0 Å². The zero-order chi connectivity index (χ0) is 9.42. The Labute approximate surface area is 82.7 Å². The molecule has 1 nitrogen and oxygen atoms in total. The molecule has 0 aliphatic heterocycles. The first-order chi connectivity index (χ1) is 6.24. The summed E-state index contributed by atoms with van der Waals surface area (Å²) in [6.07, 6.45) is 0.560. The summed E-state index contributed by atoms with van der Waals surface area (Å²) in [5.74, 6) is -0.400. The maximum atomic E-state index is 13.2. The molecule has 1 aromatic heterocycles. The van der Waals surface area contributed by atoms with Gasteiger partial charge in [0, 0.05) is 10.9 Å². The van der Waals surface area contributed by atoms with Crippen LogP contribution in [-0.4, -0.2) is 6.29 Å². The summed E-state index contributed by atoms with van der Waals surface area (Å²) in [5, 5.41) is 2.55. The van der Waals surface area contributed by atoms with Gasteiger partial charge in [-0.1, -0.05) is 11.6 Å². The number of halogens is 2. The van der Waals surface area contributed by atoms with Crippen molar-refractivity contribution in [2.75, 3.05) is 0 Å². The Balaban J connectivity index is 2.93. The number of rotatable bonds is 1. The van der Waals surface area contributed by atoms with E-state index < -0.39 is 5.82 Å². The lowest BCUT2D eigenvalue weighted by atomic mass is 10.2. The van der Waals surface area contributed by atoms with Crippen molar-refractivity contribution < 1.29 is 9.18 Å². The fourth-order valence-corrected chi connectivity index (χ4v) is 2.35. The monoisotopic (exact) mass is 214 g/mol. The molecule has 66 valence electrons. The van der Waals surface area contributed by atoms with Crippen LogP contribution < -0.4 is 0 Å². The molecule has 0 N–H and O–H groups in total. The maximum absolute atomic E-state index is 13.2. The molecule has 1 heterocycles. The van der Waals surface area contributed by atoms with Crippen LogP contribution in [0, 0.1) is 5.82 Å². The molecule has 13 heavy (non-hydrogen) atoms. The first-order valence-electron chi connectivity index (χ1n) is 3.54. The van der Waals surface area contributed by atoms with Gasteiger partial charge in [0.1, 0.15) is 5.82 Å². The number of thiophene rings is 1. The standard InChI is InChI=1S/C9H4ClFOS/c10-8-5(4-12)3-7(11)6-1-2-13-9(6)8/h1-4H. The molecule has 4 heteroatoms. The molecule has 0 amide bonds. The number of fused-ring (bicyclic) bond motifs is 1. The van der Waals surface area contributed by atoms with Gasteiger partial charge in [-0.25, -0.2) is 4.39 Å². The third-order valence-corrected chi connectivity index (χ3v) is 3.24. The minimum Gasteiger partial charge on any atom is -0.298 e. The van der Waals surface area contributed by atoms with Crippen LogP contribution in [0.15, 0.2) is 17.5 Å². The van der Waals surface area contributed by atoms with Gasteiger partial charge in [-0.2, -0.15) is 0 Å². The Hall–Kier alpha value is -0.930. The molecule has 0 aliphatic rings. The van der Waals surface area contributed by atoms with Crippen LogP contribution in [0.4, 0.5) is 4.39 Å². The summed E-state index contributed by atoms with van der Waals surface area (Å²) in [7, 11) is 0. The predicted molar refractivity (Wildman–Crippen MR) is 52.2 cm³/mol. The minimum absolute atomic E-state index is 0.203. The lowest BCUT2D eigenvalue weighted by Gasteiger charge is -1.98. The molecule has 0 fully saturated rings.